The highest BCUT2D eigenvalue weighted by atomic mass is 16.5. The summed E-state index contributed by atoms with van der Waals surface area (Å²) in [7, 11) is 0. The first-order valence-corrected chi connectivity index (χ1v) is 28.1. The van der Waals surface area contributed by atoms with E-state index >= 15 is 0 Å². The highest BCUT2D eigenvalue weighted by Gasteiger charge is 2.54. The highest BCUT2D eigenvalue weighted by molar-refractivity contribution is 5.97. The molecule has 382 valence electrons. The molecule has 1 unspecified atom stereocenters. The highest BCUT2D eigenvalue weighted by Crippen LogP contribution is 2.66. The maximum absolute atomic E-state index is 7.65. The van der Waals surface area contributed by atoms with Gasteiger partial charge in [-0.05, 0) is 126 Å². The van der Waals surface area contributed by atoms with E-state index in [0.29, 0.717) is 0 Å². The van der Waals surface area contributed by atoms with Crippen molar-refractivity contribution in [3.05, 3.63) is 298 Å². The third-order valence-corrected chi connectivity index (χ3v) is 17.8. The Labute approximate surface area is 464 Å². The lowest BCUT2D eigenvalue weighted by molar-refractivity contribution is 0.364. The summed E-state index contributed by atoms with van der Waals surface area (Å²) in [6, 6.07) is 83.9. The van der Waals surface area contributed by atoms with Crippen LogP contribution in [0.4, 0.5) is 17.1 Å². The van der Waals surface area contributed by atoms with Crippen LogP contribution in [0.2, 0.25) is 0 Å². The van der Waals surface area contributed by atoms with Gasteiger partial charge in [-0.1, -0.05) is 242 Å². The molecule has 79 heavy (non-hydrogen) atoms. The molecular formula is C76H61NO2. The van der Waals surface area contributed by atoms with Crippen LogP contribution >= 0.6 is 0 Å². The van der Waals surface area contributed by atoms with Crippen molar-refractivity contribution >= 4 is 17.1 Å². The number of hydrogen-bond donors (Lipinski definition) is 0. The van der Waals surface area contributed by atoms with Crippen LogP contribution in [0.3, 0.4) is 0 Å². The van der Waals surface area contributed by atoms with Crippen molar-refractivity contribution in [3.63, 3.8) is 0 Å². The fourth-order valence-electron chi connectivity index (χ4n) is 14.1. The first-order chi connectivity index (χ1) is 38.4. The Kier molecular flexibility index (Phi) is 10.4. The molecule has 0 N–H and O–H groups in total. The van der Waals surface area contributed by atoms with Crippen molar-refractivity contribution < 1.29 is 9.47 Å². The second-order valence-electron chi connectivity index (χ2n) is 24.2. The number of para-hydroxylation sites is 4. The lowest BCUT2D eigenvalue weighted by Gasteiger charge is -2.42. The Morgan fingerprint density at radius 3 is 1.57 bits per heavy atom. The lowest BCUT2D eigenvalue weighted by Crippen LogP contribution is -2.35. The van der Waals surface area contributed by atoms with Gasteiger partial charge in [0.15, 0.2) is 5.75 Å². The molecule has 0 fully saturated rings. The molecule has 2 spiro atoms. The zero-order valence-electron chi connectivity index (χ0n) is 45.7. The van der Waals surface area contributed by atoms with Crippen LogP contribution in [0.25, 0.3) is 44.5 Å². The van der Waals surface area contributed by atoms with Gasteiger partial charge in [-0.15, -0.1) is 0 Å². The van der Waals surface area contributed by atoms with E-state index < -0.39 is 10.8 Å². The molecule has 10 aromatic carbocycles. The first-order valence-electron chi connectivity index (χ1n) is 28.1. The lowest BCUT2D eigenvalue weighted by atomic mass is 9.64. The van der Waals surface area contributed by atoms with Crippen molar-refractivity contribution in [2.75, 3.05) is 4.90 Å². The molecule has 3 heteroatoms. The summed E-state index contributed by atoms with van der Waals surface area (Å²) in [4.78, 5) is 2.50. The molecule has 2 heterocycles. The fourth-order valence-corrected chi connectivity index (χ4v) is 14.1. The predicted molar refractivity (Wildman–Crippen MR) is 325 cm³/mol. The van der Waals surface area contributed by atoms with E-state index in [9.17, 15) is 0 Å². The number of benzene rings is 10. The summed E-state index contributed by atoms with van der Waals surface area (Å²) < 4.78 is 14.6. The average molecular weight is 1020 g/mol. The minimum absolute atomic E-state index is 0.0868. The van der Waals surface area contributed by atoms with Gasteiger partial charge in [-0.25, -0.2) is 0 Å². The Hall–Kier alpha value is -8.92. The van der Waals surface area contributed by atoms with Crippen LogP contribution in [0.5, 0.6) is 17.2 Å². The molecule has 0 saturated carbocycles. The van der Waals surface area contributed by atoms with Gasteiger partial charge in [0, 0.05) is 39.9 Å². The first kappa shape index (κ1) is 47.3. The number of nitrogens with zero attached hydrogens (tertiary/aromatic N) is 1. The van der Waals surface area contributed by atoms with E-state index in [0.717, 1.165) is 80.7 Å². The summed E-state index contributed by atoms with van der Waals surface area (Å²) in [5, 5.41) is 0. The molecule has 0 saturated heterocycles. The number of hydrogen-bond acceptors (Lipinski definition) is 3. The zero-order chi connectivity index (χ0) is 53.4. The molecule has 0 amide bonds. The van der Waals surface area contributed by atoms with Crippen molar-refractivity contribution in [1.82, 2.24) is 0 Å². The molecule has 0 radical (unpaired) electrons. The third kappa shape index (κ3) is 6.85. The summed E-state index contributed by atoms with van der Waals surface area (Å²) in [5.74, 6) is 3.67. The molecule has 1 atom stereocenters. The van der Waals surface area contributed by atoms with Crippen molar-refractivity contribution in [3.8, 4) is 61.8 Å². The summed E-state index contributed by atoms with van der Waals surface area (Å²) >= 11 is 0. The van der Waals surface area contributed by atoms with Crippen molar-refractivity contribution in [2.24, 2.45) is 0 Å². The smallest absolute Gasteiger partial charge is 0.156 e. The largest absolute Gasteiger partial charge is 0.461 e. The number of ether oxygens (including phenoxy) is 2. The number of rotatable bonds is 5. The second-order valence-corrected chi connectivity index (χ2v) is 24.2. The molecule has 3 nitrogen and oxygen atoms in total. The summed E-state index contributed by atoms with van der Waals surface area (Å²) in [6.45, 7) is 14.0. The zero-order valence-corrected chi connectivity index (χ0v) is 45.7. The van der Waals surface area contributed by atoms with Gasteiger partial charge in [0.2, 0.25) is 0 Å². The topological polar surface area (TPSA) is 21.7 Å². The van der Waals surface area contributed by atoms with Crippen molar-refractivity contribution in [2.45, 2.75) is 76.0 Å². The van der Waals surface area contributed by atoms with Crippen LogP contribution in [-0.4, -0.2) is 0 Å². The number of allylic oxidation sites excluding steroid dienone is 4. The molecule has 10 aromatic rings. The molecule has 3 aliphatic carbocycles. The molecule has 5 aliphatic rings. The van der Waals surface area contributed by atoms with Crippen LogP contribution in [0.15, 0.2) is 248 Å². The van der Waals surface area contributed by atoms with Crippen LogP contribution in [0.1, 0.15) is 104 Å². The molecule has 0 aromatic heterocycles. The van der Waals surface area contributed by atoms with Gasteiger partial charge in [-0.3, -0.25) is 0 Å². The number of fused-ring (bicyclic) bond motifs is 17. The minimum atomic E-state index is -0.711. The van der Waals surface area contributed by atoms with E-state index in [2.05, 4.69) is 283 Å². The predicted octanol–water partition coefficient (Wildman–Crippen LogP) is 19.9. The Bertz CT molecular complexity index is 4150. The van der Waals surface area contributed by atoms with E-state index in [1.807, 2.05) is 0 Å². The summed E-state index contributed by atoms with van der Waals surface area (Å²) in [5.41, 5.74) is 23.5. The Morgan fingerprint density at radius 2 is 0.886 bits per heavy atom. The van der Waals surface area contributed by atoms with Crippen LogP contribution < -0.4 is 14.4 Å². The maximum Gasteiger partial charge on any atom is 0.156 e. The number of anilines is 3. The molecule has 15 rings (SSSR count). The van der Waals surface area contributed by atoms with Crippen LogP contribution in [-0.2, 0) is 21.7 Å². The Balaban J connectivity index is 1.03. The minimum Gasteiger partial charge on any atom is -0.461 e. The van der Waals surface area contributed by atoms with Crippen molar-refractivity contribution in [1.29, 1.82) is 0 Å². The normalized spacial score (nSPS) is 16.6. The van der Waals surface area contributed by atoms with Gasteiger partial charge in [0.25, 0.3) is 0 Å². The third-order valence-electron chi connectivity index (χ3n) is 17.8. The van der Waals surface area contributed by atoms with E-state index in [4.69, 9.17) is 9.47 Å². The van der Waals surface area contributed by atoms with Gasteiger partial charge < -0.3 is 14.4 Å². The average Bonchev–Trinajstić information content (AvgIpc) is 4.11. The summed E-state index contributed by atoms with van der Waals surface area (Å²) in [6.07, 6.45) is 6.48. The monoisotopic (exact) mass is 1020 g/mol. The van der Waals surface area contributed by atoms with Gasteiger partial charge in [0.1, 0.15) is 17.3 Å². The van der Waals surface area contributed by atoms with E-state index in [1.54, 1.807) is 0 Å². The van der Waals surface area contributed by atoms with E-state index in [-0.39, 0.29) is 10.8 Å². The maximum atomic E-state index is 7.65. The second kappa shape index (κ2) is 17.3. The van der Waals surface area contributed by atoms with E-state index in [1.165, 1.54) is 72.3 Å². The SMILES string of the molecule is CC(C)(C)c1ccc2c(c1)C1(c3ccccc3Oc3c(N(c4ccc5c(c4)C4(C6=C(CCC=C6)Oc6ccccc64)c4ccccc4-5)c4ccccc4-c4ccc(-c5ccccc5)cc4)cccc31)c1cc(C(C)(C)C)ccc1-2. The molecule has 0 bridgehead atoms. The van der Waals surface area contributed by atoms with Gasteiger partial charge in [0.05, 0.1) is 22.2 Å². The standard InChI is InChI=1S/C76H61NO2/c1-73(2,3)51-39-42-56-57-43-40-52(74(4,5)6)46-65(57)76(64(56)45-51)62-28-15-19-34-71(62)79-72-63(76)29-20-31-68(72)77(67-30-16-11-23-54(67)50-37-35-49(36-38-50)48-21-8-7-9-22-48)53-41-44-58-55-24-10-12-25-59(55)75(66(58)47-53)60-26-13-17-32-69(60)78-70-33-18-14-27-61(70)75/h7-17,19-32,34-47H,18,33H2,1-6H3. The molecule has 2 aliphatic heterocycles. The van der Waals surface area contributed by atoms with Gasteiger partial charge >= 0.3 is 0 Å². The Morgan fingerprint density at radius 1 is 0.380 bits per heavy atom. The van der Waals surface area contributed by atoms with Gasteiger partial charge in [-0.2, -0.15) is 0 Å². The fraction of sp³-hybridized carbons (Fsp3) is 0.158. The quantitative estimate of drug-likeness (QED) is 0.171. The molecular weight excluding hydrogens is 959 g/mol. The van der Waals surface area contributed by atoms with Crippen LogP contribution in [0, 0.1) is 0 Å².